The van der Waals surface area contributed by atoms with E-state index in [4.69, 9.17) is 0 Å². The Morgan fingerprint density at radius 1 is 1.00 bits per heavy atom. The van der Waals surface area contributed by atoms with Crippen molar-refractivity contribution in [3.05, 3.63) is 12.2 Å². The zero-order chi connectivity index (χ0) is 15.7. The Morgan fingerprint density at radius 2 is 1.77 bits per heavy atom. The Morgan fingerprint density at radius 3 is 2.55 bits per heavy atom. The molecule has 0 heterocycles. The van der Waals surface area contributed by atoms with Crippen LogP contribution >= 0.6 is 0 Å². The van der Waals surface area contributed by atoms with Gasteiger partial charge in [-0.1, -0.05) is 26.0 Å². The minimum Gasteiger partial charge on any atom is -0.393 e. The maximum atomic E-state index is 10.9. The largest absolute Gasteiger partial charge is 0.393 e. The molecule has 3 fully saturated rings. The minimum atomic E-state index is -0.401. The van der Waals surface area contributed by atoms with Crippen molar-refractivity contribution in [1.82, 2.24) is 0 Å². The van der Waals surface area contributed by atoms with Crippen LogP contribution < -0.4 is 0 Å². The Balaban J connectivity index is 1.70. The van der Waals surface area contributed by atoms with Gasteiger partial charge in [-0.25, -0.2) is 0 Å². The van der Waals surface area contributed by atoms with Gasteiger partial charge in [0.25, 0.3) is 0 Å². The average molecular weight is 306 g/mol. The summed E-state index contributed by atoms with van der Waals surface area (Å²) in [5.41, 5.74) is 0.283. The van der Waals surface area contributed by atoms with Crippen molar-refractivity contribution in [2.75, 3.05) is 0 Å². The van der Waals surface area contributed by atoms with E-state index in [2.05, 4.69) is 19.9 Å². The van der Waals surface area contributed by atoms with Crippen LogP contribution in [0.15, 0.2) is 12.2 Å². The van der Waals surface area contributed by atoms with Crippen molar-refractivity contribution in [3.63, 3.8) is 0 Å². The highest BCUT2D eigenvalue weighted by Crippen LogP contribution is 2.64. The summed E-state index contributed by atoms with van der Waals surface area (Å²) in [5.74, 6) is 1.30. The lowest BCUT2D eigenvalue weighted by Gasteiger charge is -2.61. The van der Waals surface area contributed by atoms with E-state index in [-0.39, 0.29) is 34.9 Å². The topological polar surface area (TPSA) is 60.7 Å². The summed E-state index contributed by atoms with van der Waals surface area (Å²) >= 11 is 0. The normalized spacial score (nSPS) is 60.5. The molecule has 0 aliphatic heterocycles. The third-order valence-corrected chi connectivity index (χ3v) is 8.00. The summed E-state index contributed by atoms with van der Waals surface area (Å²) in [6.07, 6.45) is 9.12. The van der Waals surface area contributed by atoms with E-state index >= 15 is 0 Å². The molecule has 4 aliphatic rings. The summed E-state index contributed by atoms with van der Waals surface area (Å²) in [7, 11) is 0. The van der Waals surface area contributed by atoms with Gasteiger partial charge in [0.1, 0.15) is 0 Å². The molecule has 0 amide bonds. The lowest BCUT2D eigenvalue weighted by atomic mass is 9.44. The molecule has 0 aromatic heterocycles. The molecule has 0 radical (unpaired) electrons. The fourth-order valence-electron chi connectivity index (χ4n) is 6.74. The zero-order valence-corrected chi connectivity index (χ0v) is 13.8. The molecule has 3 nitrogen and oxygen atoms in total. The van der Waals surface area contributed by atoms with Crippen LogP contribution in [0.25, 0.3) is 0 Å². The van der Waals surface area contributed by atoms with E-state index in [0.717, 1.165) is 38.5 Å². The Kier molecular flexibility index (Phi) is 3.32. The quantitative estimate of drug-likeness (QED) is 0.603. The number of rotatable bonds is 0. The second-order valence-corrected chi connectivity index (χ2v) is 9.04. The van der Waals surface area contributed by atoms with E-state index in [1.165, 1.54) is 0 Å². The van der Waals surface area contributed by atoms with Gasteiger partial charge in [-0.05, 0) is 67.1 Å². The molecule has 3 saturated carbocycles. The highest BCUT2D eigenvalue weighted by molar-refractivity contribution is 5.21. The average Bonchev–Trinajstić information content (AvgIpc) is 2.77. The van der Waals surface area contributed by atoms with Crippen molar-refractivity contribution < 1.29 is 15.3 Å². The predicted molar refractivity (Wildman–Crippen MR) is 85.0 cm³/mol. The third kappa shape index (κ3) is 1.91. The van der Waals surface area contributed by atoms with Crippen molar-refractivity contribution in [1.29, 1.82) is 0 Å². The van der Waals surface area contributed by atoms with Gasteiger partial charge in [0.05, 0.1) is 18.3 Å². The molecule has 0 aromatic carbocycles. The summed E-state index contributed by atoms with van der Waals surface area (Å²) in [5, 5.41) is 31.5. The van der Waals surface area contributed by atoms with Gasteiger partial charge in [-0.2, -0.15) is 0 Å². The minimum absolute atomic E-state index is 0.0545. The molecule has 124 valence electrons. The first-order valence-corrected chi connectivity index (χ1v) is 9.09. The number of allylic oxidation sites excluding steroid dienone is 1. The van der Waals surface area contributed by atoms with E-state index < -0.39 is 6.10 Å². The summed E-state index contributed by atoms with van der Waals surface area (Å²) in [4.78, 5) is 0. The zero-order valence-electron chi connectivity index (χ0n) is 13.8. The maximum Gasteiger partial charge on any atom is 0.0761 e. The fraction of sp³-hybridized carbons (Fsp3) is 0.895. The van der Waals surface area contributed by atoms with Gasteiger partial charge >= 0.3 is 0 Å². The second-order valence-electron chi connectivity index (χ2n) is 9.04. The van der Waals surface area contributed by atoms with Gasteiger partial charge in [-0.3, -0.25) is 0 Å². The van der Waals surface area contributed by atoms with Crippen molar-refractivity contribution in [2.45, 2.75) is 70.7 Å². The molecule has 0 spiro atoms. The van der Waals surface area contributed by atoms with E-state index in [1.54, 1.807) is 0 Å². The van der Waals surface area contributed by atoms with Crippen LogP contribution in [0.5, 0.6) is 0 Å². The van der Waals surface area contributed by atoms with Crippen molar-refractivity contribution >= 4 is 0 Å². The number of aliphatic hydroxyl groups is 3. The highest BCUT2D eigenvalue weighted by atomic mass is 16.3. The molecular formula is C19H30O3. The Bertz CT molecular complexity index is 489. The van der Waals surface area contributed by atoms with E-state index in [0.29, 0.717) is 11.8 Å². The van der Waals surface area contributed by atoms with Crippen LogP contribution in [0.2, 0.25) is 0 Å². The molecule has 3 heteroatoms. The van der Waals surface area contributed by atoms with E-state index in [9.17, 15) is 15.3 Å². The molecule has 22 heavy (non-hydrogen) atoms. The molecule has 0 unspecified atom stereocenters. The molecule has 9 atom stereocenters. The Labute approximate surface area is 133 Å². The lowest BCUT2D eigenvalue weighted by Crippen LogP contribution is -2.59. The lowest BCUT2D eigenvalue weighted by molar-refractivity contribution is -0.177. The highest BCUT2D eigenvalue weighted by Gasteiger charge is 2.61. The van der Waals surface area contributed by atoms with Gasteiger partial charge < -0.3 is 15.3 Å². The smallest absolute Gasteiger partial charge is 0.0761 e. The fourth-order valence-corrected chi connectivity index (χ4v) is 6.74. The first kappa shape index (κ1) is 15.2. The van der Waals surface area contributed by atoms with Crippen LogP contribution in [-0.4, -0.2) is 33.6 Å². The van der Waals surface area contributed by atoms with Crippen LogP contribution in [0, 0.1) is 34.5 Å². The van der Waals surface area contributed by atoms with Gasteiger partial charge in [-0.15, -0.1) is 0 Å². The third-order valence-electron chi connectivity index (χ3n) is 8.00. The molecule has 0 saturated heterocycles. The van der Waals surface area contributed by atoms with Gasteiger partial charge in [0.15, 0.2) is 0 Å². The molecule has 4 aliphatic carbocycles. The number of hydrogen-bond acceptors (Lipinski definition) is 3. The molecule has 0 aromatic rings. The molecule has 0 bridgehead atoms. The van der Waals surface area contributed by atoms with Crippen LogP contribution in [0.3, 0.4) is 0 Å². The summed E-state index contributed by atoms with van der Waals surface area (Å²) in [6, 6.07) is 0. The predicted octanol–water partition coefficient (Wildman–Crippen LogP) is 2.50. The Hall–Kier alpha value is -0.380. The summed E-state index contributed by atoms with van der Waals surface area (Å²) < 4.78 is 0. The standard InChI is InChI=1S/C19H30O3/c1-18-6-4-13-16(17(18)14(21)5-7-18)15(22)10-11-9-12(20)3-8-19(11,13)2/h5,7,11-17,20-22H,3-4,6,8-10H2,1-2H3/t11-,12-,13+,14+,15-,16+,17+,18-,19+/m1/s1. The first-order chi connectivity index (χ1) is 10.3. The number of aliphatic hydroxyl groups excluding tert-OH is 3. The second kappa shape index (κ2) is 4.81. The van der Waals surface area contributed by atoms with E-state index in [1.807, 2.05) is 6.08 Å². The van der Waals surface area contributed by atoms with Crippen LogP contribution in [0.1, 0.15) is 52.4 Å². The molecule has 3 N–H and O–H groups in total. The maximum absolute atomic E-state index is 10.9. The molecular weight excluding hydrogens is 276 g/mol. The van der Waals surface area contributed by atoms with Gasteiger partial charge in [0.2, 0.25) is 0 Å². The van der Waals surface area contributed by atoms with Crippen molar-refractivity contribution in [3.8, 4) is 0 Å². The molecule has 4 rings (SSSR count). The summed E-state index contributed by atoms with van der Waals surface area (Å²) in [6.45, 7) is 4.65. The first-order valence-electron chi connectivity index (χ1n) is 9.09. The van der Waals surface area contributed by atoms with Crippen LogP contribution in [0.4, 0.5) is 0 Å². The van der Waals surface area contributed by atoms with Crippen LogP contribution in [-0.2, 0) is 0 Å². The van der Waals surface area contributed by atoms with Gasteiger partial charge in [0, 0.05) is 5.92 Å². The van der Waals surface area contributed by atoms with Crippen molar-refractivity contribution in [2.24, 2.45) is 34.5 Å². The number of hydrogen-bond donors (Lipinski definition) is 3. The monoisotopic (exact) mass is 306 g/mol. The SMILES string of the molecule is C[C@]12CC[C@@H](O)C[C@@H]1C[C@@H](O)[C@H]1[C@@H]3[C@@H](O)C=C[C@@]3(C)CC[C@@H]12. The number of fused-ring (bicyclic) bond motifs is 5.